The molecule has 0 unspecified atom stereocenters. The largest absolute Gasteiger partial charge is 0.490 e. The summed E-state index contributed by atoms with van der Waals surface area (Å²) in [7, 11) is 1.35. The van der Waals surface area contributed by atoms with Gasteiger partial charge in [-0.05, 0) is 65.4 Å². The lowest BCUT2D eigenvalue weighted by atomic mass is 9.95. The number of nitrogens with zero attached hydrogens (tertiary/aromatic N) is 2. The number of methoxy groups -OCH3 is 1. The Balaban J connectivity index is 1.45. The van der Waals surface area contributed by atoms with Crippen LogP contribution in [0.2, 0.25) is 0 Å². The molecule has 0 bridgehead atoms. The Hall–Kier alpha value is -5.21. The molecule has 0 radical (unpaired) electrons. The van der Waals surface area contributed by atoms with Gasteiger partial charge in [0.05, 0.1) is 35.6 Å². The van der Waals surface area contributed by atoms with Crippen LogP contribution in [0.4, 0.5) is 0 Å². The standard InChI is InChI=1S/C39H36N2O5S/c1-5-14-28-21-25(22-32(45-7-3)36(28)46-24-29-19-13-18-26-15-11-12-20-30(26)29)23-33-37(42)41-35(27-16-9-8-10-17-27)34(38(43)44-4)31(6-2)40-39(41)47-33/h5,8-13,15-23,35H,1,6-7,14,24H2,2-4H3/b33-23-/t35-/m1/s1. The van der Waals surface area contributed by atoms with Crippen LogP contribution in [-0.2, 0) is 22.6 Å². The zero-order valence-electron chi connectivity index (χ0n) is 26.7. The summed E-state index contributed by atoms with van der Waals surface area (Å²) >= 11 is 1.30. The van der Waals surface area contributed by atoms with Gasteiger partial charge in [0.25, 0.3) is 5.56 Å². The van der Waals surface area contributed by atoms with E-state index in [1.807, 2.05) is 86.7 Å². The molecule has 0 spiro atoms. The highest BCUT2D eigenvalue weighted by molar-refractivity contribution is 7.07. The van der Waals surface area contributed by atoms with Gasteiger partial charge in [-0.25, -0.2) is 9.79 Å². The summed E-state index contributed by atoms with van der Waals surface area (Å²) in [5.74, 6) is 0.746. The third kappa shape index (κ3) is 6.29. The summed E-state index contributed by atoms with van der Waals surface area (Å²) in [6, 6.07) is 27.2. The highest BCUT2D eigenvalue weighted by Crippen LogP contribution is 2.36. The van der Waals surface area contributed by atoms with Crippen molar-refractivity contribution in [3.63, 3.8) is 0 Å². The Morgan fingerprint density at radius 2 is 1.74 bits per heavy atom. The van der Waals surface area contributed by atoms with Crippen molar-refractivity contribution < 1.29 is 19.0 Å². The van der Waals surface area contributed by atoms with Gasteiger partial charge in [0, 0.05) is 5.56 Å². The van der Waals surface area contributed by atoms with Gasteiger partial charge in [-0.15, -0.1) is 6.58 Å². The fraction of sp³-hybridized carbons (Fsp3) is 0.205. The molecule has 7 nitrogen and oxygen atoms in total. The predicted molar refractivity (Wildman–Crippen MR) is 187 cm³/mol. The second-order valence-electron chi connectivity index (χ2n) is 11.1. The molecular formula is C39H36N2O5S. The fourth-order valence-corrected chi connectivity index (χ4v) is 7.05. The smallest absolute Gasteiger partial charge is 0.338 e. The Morgan fingerprint density at radius 1 is 0.979 bits per heavy atom. The molecule has 5 aromatic rings. The summed E-state index contributed by atoms with van der Waals surface area (Å²) in [4.78, 5) is 32.5. The first-order chi connectivity index (χ1) is 23.0. The van der Waals surface area contributed by atoms with E-state index in [1.54, 1.807) is 4.57 Å². The van der Waals surface area contributed by atoms with E-state index in [4.69, 9.17) is 19.2 Å². The van der Waals surface area contributed by atoms with Crippen LogP contribution in [0.25, 0.3) is 16.8 Å². The molecular weight excluding hydrogens is 609 g/mol. The van der Waals surface area contributed by atoms with Crippen LogP contribution < -0.4 is 24.4 Å². The van der Waals surface area contributed by atoms with Crippen molar-refractivity contribution >= 4 is 34.2 Å². The van der Waals surface area contributed by atoms with Crippen molar-refractivity contribution in [3.8, 4) is 11.5 Å². The second-order valence-corrected chi connectivity index (χ2v) is 12.1. The van der Waals surface area contributed by atoms with E-state index in [1.165, 1.54) is 18.4 Å². The van der Waals surface area contributed by atoms with Crippen LogP contribution in [0.3, 0.4) is 0 Å². The minimum Gasteiger partial charge on any atom is -0.490 e. The van der Waals surface area contributed by atoms with Crippen LogP contribution in [0.5, 0.6) is 11.5 Å². The number of carbonyl (C=O) groups excluding carboxylic acids is 1. The average molecular weight is 645 g/mol. The summed E-state index contributed by atoms with van der Waals surface area (Å²) in [5, 5.41) is 2.29. The van der Waals surface area contributed by atoms with Crippen LogP contribution in [0.1, 0.15) is 48.6 Å². The van der Waals surface area contributed by atoms with Gasteiger partial charge in [0.2, 0.25) is 0 Å². The van der Waals surface area contributed by atoms with E-state index in [2.05, 4.69) is 30.8 Å². The lowest BCUT2D eigenvalue weighted by Crippen LogP contribution is -2.40. The third-order valence-corrected chi connectivity index (χ3v) is 9.12. The van der Waals surface area contributed by atoms with Gasteiger partial charge in [-0.3, -0.25) is 9.36 Å². The van der Waals surface area contributed by atoms with Gasteiger partial charge >= 0.3 is 5.97 Å². The fourth-order valence-electron chi connectivity index (χ4n) is 6.04. The number of ether oxygens (including phenoxy) is 3. The van der Waals surface area contributed by atoms with Crippen LogP contribution in [-0.4, -0.2) is 24.3 Å². The maximum absolute atomic E-state index is 14.1. The summed E-state index contributed by atoms with van der Waals surface area (Å²) in [6.45, 7) is 8.65. The zero-order valence-corrected chi connectivity index (χ0v) is 27.5. The summed E-state index contributed by atoms with van der Waals surface area (Å²) < 4.78 is 19.9. The minimum atomic E-state index is -0.655. The molecule has 4 aromatic carbocycles. The molecule has 0 saturated carbocycles. The molecule has 0 amide bonds. The summed E-state index contributed by atoms with van der Waals surface area (Å²) in [5.41, 5.74) is 4.31. The van der Waals surface area contributed by atoms with Gasteiger partial charge in [0.1, 0.15) is 6.61 Å². The van der Waals surface area contributed by atoms with Gasteiger partial charge < -0.3 is 14.2 Å². The van der Waals surface area contributed by atoms with Crippen molar-refractivity contribution in [2.24, 2.45) is 4.99 Å². The number of hydrogen-bond acceptors (Lipinski definition) is 7. The second kappa shape index (κ2) is 14.1. The van der Waals surface area contributed by atoms with Gasteiger partial charge in [0.15, 0.2) is 16.3 Å². The molecule has 0 N–H and O–H groups in total. The highest BCUT2D eigenvalue weighted by Gasteiger charge is 2.33. The molecule has 6 rings (SSSR count). The van der Waals surface area contributed by atoms with Crippen LogP contribution in [0.15, 0.2) is 119 Å². The van der Waals surface area contributed by atoms with E-state index in [0.717, 1.165) is 33.0 Å². The molecule has 2 heterocycles. The molecule has 1 aliphatic rings. The molecule has 8 heteroatoms. The number of hydrogen-bond donors (Lipinski definition) is 0. The number of fused-ring (bicyclic) bond motifs is 2. The Labute approximate surface area is 277 Å². The van der Waals surface area contributed by atoms with Crippen molar-refractivity contribution in [3.05, 3.63) is 151 Å². The normalized spacial score (nSPS) is 14.4. The molecule has 1 aliphatic heterocycles. The van der Waals surface area contributed by atoms with E-state index >= 15 is 0 Å². The topological polar surface area (TPSA) is 79.1 Å². The van der Waals surface area contributed by atoms with Gasteiger partial charge in [-0.2, -0.15) is 0 Å². The van der Waals surface area contributed by atoms with Gasteiger partial charge in [-0.1, -0.05) is 97.1 Å². The number of esters is 1. The Kier molecular flexibility index (Phi) is 9.50. The quantitative estimate of drug-likeness (QED) is 0.119. The molecule has 0 fully saturated rings. The highest BCUT2D eigenvalue weighted by atomic mass is 32.1. The molecule has 47 heavy (non-hydrogen) atoms. The van der Waals surface area contributed by atoms with E-state index in [-0.39, 0.29) is 5.56 Å². The third-order valence-electron chi connectivity index (χ3n) is 8.13. The van der Waals surface area contributed by atoms with Crippen molar-refractivity contribution in [1.82, 2.24) is 4.57 Å². The van der Waals surface area contributed by atoms with E-state index in [0.29, 0.717) is 58.2 Å². The van der Waals surface area contributed by atoms with Crippen molar-refractivity contribution in [2.75, 3.05) is 13.7 Å². The number of rotatable bonds is 11. The van der Waals surface area contributed by atoms with Crippen LogP contribution >= 0.6 is 11.3 Å². The van der Waals surface area contributed by atoms with E-state index < -0.39 is 12.0 Å². The number of carbonyl (C=O) groups is 1. The van der Waals surface area contributed by atoms with Crippen LogP contribution in [0, 0.1) is 0 Å². The predicted octanol–water partition coefficient (Wildman–Crippen LogP) is 6.66. The molecule has 0 aliphatic carbocycles. The average Bonchev–Trinajstić information content (AvgIpc) is 3.41. The lowest BCUT2D eigenvalue weighted by molar-refractivity contribution is -0.136. The SMILES string of the molecule is C=CCc1cc(/C=c2\sc3n(c2=O)[C@H](c2ccccc2)C(C(=O)OC)=C(CC)N=3)cc(OCC)c1OCc1cccc2ccccc12. The molecule has 1 aromatic heterocycles. The van der Waals surface area contributed by atoms with Crippen molar-refractivity contribution in [1.29, 1.82) is 0 Å². The first-order valence-electron chi connectivity index (χ1n) is 15.6. The van der Waals surface area contributed by atoms with E-state index in [9.17, 15) is 9.59 Å². The summed E-state index contributed by atoms with van der Waals surface area (Å²) in [6.07, 6.45) is 4.74. The maximum atomic E-state index is 14.1. The first-order valence-corrected chi connectivity index (χ1v) is 16.5. The lowest BCUT2D eigenvalue weighted by Gasteiger charge is -2.25. The van der Waals surface area contributed by atoms with Crippen molar-refractivity contribution in [2.45, 2.75) is 39.3 Å². The number of benzene rings is 4. The minimum absolute atomic E-state index is 0.237. The maximum Gasteiger partial charge on any atom is 0.338 e. The first kappa shape index (κ1) is 31.8. The monoisotopic (exact) mass is 644 g/mol. The number of aromatic nitrogens is 1. The molecule has 238 valence electrons. The Morgan fingerprint density at radius 3 is 2.49 bits per heavy atom. The number of allylic oxidation sites excluding steroid dienone is 2. The molecule has 0 saturated heterocycles. The molecule has 1 atom stereocenters. The zero-order chi connectivity index (χ0) is 32.9. The number of thiazole rings is 1. The Bertz CT molecular complexity index is 2170.